The number of rotatable bonds is 4. The average molecular weight is 348 g/mol. The van der Waals surface area contributed by atoms with Gasteiger partial charge in [-0.05, 0) is 58.0 Å². The summed E-state index contributed by atoms with van der Waals surface area (Å²) < 4.78 is 1.73. The molecule has 2 aromatic heterocycles. The van der Waals surface area contributed by atoms with E-state index in [2.05, 4.69) is 15.4 Å². The molecule has 0 saturated carbocycles. The summed E-state index contributed by atoms with van der Waals surface area (Å²) in [7, 11) is 1.93. The molecule has 3 rings (SSSR count). The number of amides is 1. The van der Waals surface area contributed by atoms with Crippen LogP contribution in [0.25, 0.3) is 5.82 Å². The summed E-state index contributed by atoms with van der Waals surface area (Å²) in [5, 5.41) is 7.97. The molecule has 0 aromatic carbocycles. The molecule has 0 aliphatic carbocycles. The molecule has 1 saturated heterocycles. The van der Waals surface area contributed by atoms with Crippen LogP contribution in [-0.4, -0.2) is 52.3 Å². The Hall–Kier alpha value is -1.92. The van der Waals surface area contributed by atoms with E-state index in [1.165, 1.54) is 0 Å². The standard InChI is InChI=1S/C17H22ClN5O/c1-11-8-12(2)23(21-11)15-5-4-14(18)16(20-15)17(24)22-7-6-13(10-22)9-19-3/h4-5,8,13,19H,6-7,9-10H2,1-3H3. The highest BCUT2D eigenvalue weighted by Crippen LogP contribution is 2.23. The largest absolute Gasteiger partial charge is 0.337 e. The van der Waals surface area contributed by atoms with Gasteiger partial charge in [0.1, 0.15) is 5.69 Å². The number of pyridine rings is 1. The van der Waals surface area contributed by atoms with E-state index >= 15 is 0 Å². The molecular weight excluding hydrogens is 326 g/mol. The van der Waals surface area contributed by atoms with Gasteiger partial charge in [0.05, 0.1) is 10.7 Å². The number of likely N-dealkylation sites (tertiary alicyclic amines) is 1. The van der Waals surface area contributed by atoms with E-state index in [0.29, 0.717) is 22.5 Å². The highest BCUT2D eigenvalue weighted by atomic mass is 35.5. The molecule has 2 aromatic rings. The van der Waals surface area contributed by atoms with Crippen LogP contribution in [0.4, 0.5) is 0 Å². The Morgan fingerprint density at radius 2 is 2.21 bits per heavy atom. The molecular formula is C17H22ClN5O. The van der Waals surface area contributed by atoms with Crippen molar-refractivity contribution in [2.75, 3.05) is 26.7 Å². The van der Waals surface area contributed by atoms with Gasteiger partial charge >= 0.3 is 0 Å². The molecule has 1 fully saturated rings. The lowest BCUT2D eigenvalue weighted by Crippen LogP contribution is -2.31. The van der Waals surface area contributed by atoms with E-state index in [-0.39, 0.29) is 5.91 Å². The molecule has 1 unspecified atom stereocenters. The smallest absolute Gasteiger partial charge is 0.274 e. The molecule has 0 spiro atoms. The fourth-order valence-electron chi connectivity index (χ4n) is 3.18. The summed E-state index contributed by atoms with van der Waals surface area (Å²) in [6.07, 6.45) is 1.00. The second-order valence-corrected chi connectivity index (χ2v) is 6.71. The van der Waals surface area contributed by atoms with Crippen molar-refractivity contribution in [3.05, 3.63) is 40.3 Å². The molecule has 24 heavy (non-hydrogen) atoms. The van der Waals surface area contributed by atoms with E-state index < -0.39 is 0 Å². The number of aromatic nitrogens is 3. The predicted molar refractivity (Wildman–Crippen MR) is 93.8 cm³/mol. The van der Waals surface area contributed by atoms with Gasteiger partial charge in [0.2, 0.25) is 0 Å². The number of hydrogen-bond acceptors (Lipinski definition) is 4. The Balaban J connectivity index is 1.87. The van der Waals surface area contributed by atoms with Crippen molar-refractivity contribution in [3.63, 3.8) is 0 Å². The summed E-state index contributed by atoms with van der Waals surface area (Å²) in [4.78, 5) is 19.1. The van der Waals surface area contributed by atoms with Gasteiger partial charge in [0.15, 0.2) is 5.82 Å². The van der Waals surface area contributed by atoms with Crippen molar-refractivity contribution in [1.82, 2.24) is 25.0 Å². The summed E-state index contributed by atoms with van der Waals surface area (Å²) in [6.45, 7) is 6.28. The van der Waals surface area contributed by atoms with Crippen LogP contribution in [0.5, 0.6) is 0 Å². The molecule has 3 heterocycles. The number of nitrogens with one attached hydrogen (secondary N) is 1. The van der Waals surface area contributed by atoms with E-state index in [0.717, 1.165) is 37.4 Å². The first kappa shape index (κ1) is 16.9. The average Bonchev–Trinajstić information content (AvgIpc) is 3.14. The summed E-state index contributed by atoms with van der Waals surface area (Å²) in [5.41, 5.74) is 2.18. The van der Waals surface area contributed by atoms with Gasteiger partial charge < -0.3 is 10.2 Å². The van der Waals surface area contributed by atoms with Crippen LogP contribution in [0.15, 0.2) is 18.2 Å². The summed E-state index contributed by atoms with van der Waals surface area (Å²) >= 11 is 6.25. The van der Waals surface area contributed by atoms with Crippen molar-refractivity contribution < 1.29 is 4.79 Å². The molecule has 1 N–H and O–H groups in total. The highest BCUT2D eigenvalue weighted by molar-refractivity contribution is 6.33. The number of carbonyl (C=O) groups excluding carboxylic acids is 1. The number of nitrogens with zero attached hydrogens (tertiary/aromatic N) is 4. The minimum Gasteiger partial charge on any atom is -0.337 e. The highest BCUT2D eigenvalue weighted by Gasteiger charge is 2.28. The zero-order valence-corrected chi connectivity index (χ0v) is 15.0. The minimum atomic E-state index is -0.109. The molecule has 7 heteroatoms. The first-order valence-electron chi connectivity index (χ1n) is 8.13. The maximum Gasteiger partial charge on any atom is 0.274 e. The van der Waals surface area contributed by atoms with Gasteiger partial charge in [0.25, 0.3) is 5.91 Å². The lowest BCUT2D eigenvalue weighted by molar-refractivity contribution is 0.0781. The monoisotopic (exact) mass is 347 g/mol. The van der Waals surface area contributed by atoms with Gasteiger partial charge in [0, 0.05) is 18.8 Å². The summed E-state index contributed by atoms with van der Waals surface area (Å²) in [6, 6.07) is 5.47. The molecule has 1 atom stereocenters. The molecule has 1 amide bonds. The van der Waals surface area contributed by atoms with E-state index in [9.17, 15) is 4.79 Å². The van der Waals surface area contributed by atoms with Crippen molar-refractivity contribution in [2.45, 2.75) is 20.3 Å². The SMILES string of the molecule is CNCC1CCN(C(=O)c2nc(-n3nc(C)cc3C)ccc2Cl)C1. The molecule has 128 valence electrons. The third-order valence-electron chi connectivity index (χ3n) is 4.33. The molecule has 1 aliphatic rings. The van der Waals surface area contributed by atoms with Crippen molar-refractivity contribution in [3.8, 4) is 5.82 Å². The van der Waals surface area contributed by atoms with Crippen LogP contribution >= 0.6 is 11.6 Å². The fraction of sp³-hybridized carbons (Fsp3) is 0.471. The number of hydrogen-bond donors (Lipinski definition) is 1. The van der Waals surface area contributed by atoms with Crippen molar-refractivity contribution >= 4 is 17.5 Å². The van der Waals surface area contributed by atoms with Gasteiger partial charge in [-0.3, -0.25) is 4.79 Å². The molecule has 6 nitrogen and oxygen atoms in total. The van der Waals surface area contributed by atoms with E-state index in [1.54, 1.807) is 16.8 Å². The fourth-order valence-corrected chi connectivity index (χ4v) is 3.37. The maximum absolute atomic E-state index is 12.8. The first-order valence-corrected chi connectivity index (χ1v) is 8.51. The third-order valence-corrected chi connectivity index (χ3v) is 4.63. The maximum atomic E-state index is 12.8. The van der Waals surface area contributed by atoms with Crippen LogP contribution in [0.2, 0.25) is 5.02 Å². The Morgan fingerprint density at radius 3 is 2.88 bits per heavy atom. The Morgan fingerprint density at radius 1 is 1.42 bits per heavy atom. The number of halogens is 1. The first-order chi connectivity index (χ1) is 11.5. The Bertz CT molecular complexity index is 757. The quantitative estimate of drug-likeness (QED) is 0.921. The third kappa shape index (κ3) is 3.30. The van der Waals surface area contributed by atoms with Gasteiger partial charge in [-0.15, -0.1) is 0 Å². The van der Waals surface area contributed by atoms with Gasteiger partial charge in [-0.1, -0.05) is 11.6 Å². The summed E-state index contributed by atoms with van der Waals surface area (Å²) in [5.74, 6) is 0.984. The van der Waals surface area contributed by atoms with Gasteiger partial charge in [-0.2, -0.15) is 5.10 Å². The molecule has 0 bridgehead atoms. The van der Waals surface area contributed by atoms with Crippen LogP contribution in [0.3, 0.4) is 0 Å². The van der Waals surface area contributed by atoms with Crippen molar-refractivity contribution in [1.29, 1.82) is 0 Å². The normalized spacial score (nSPS) is 17.5. The van der Waals surface area contributed by atoms with Crippen LogP contribution in [0.1, 0.15) is 28.3 Å². The Kier molecular flexibility index (Phi) is 4.87. The molecule has 0 radical (unpaired) electrons. The Labute approximate surface area is 146 Å². The van der Waals surface area contributed by atoms with Crippen LogP contribution < -0.4 is 5.32 Å². The lowest BCUT2D eigenvalue weighted by Gasteiger charge is -2.17. The van der Waals surface area contributed by atoms with Crippen LogP contribution in [-0.2, 0) is 0 Å². The molecule has 1 aliphatic heterocycles. The van der Waals surface area contributed by atoms with E-state index in [4.69, 9.17) is 11.6 Å². The second kappa shape index (κ2) is 6.91. The zero-order chi connectivity index (χ0) is 17.3. The predicted octanol–water partition coefficient (Wildman–Crippen LogP) is 2.22. The second-order valence-electron chi connectivity index (χ2n) is 6.30. The number of carbonyl (C=O) groups is 1. The lowest BCUT2D eigenvalue weighted by atomic mass is 10.1. The zero-order valence-electron chi connectivity index (χ0n) is 14.2. The van der Waals surface area contributed by atoms with E-state index in [1.807, 2.05) is 31.9 Å². The number of aryl methyl sites for hydroxylation is 2. The van der Waals surface area contributed by atoms with Crippen LogP contribution in [0, 0.1) is 19.8 Å². The topological polar surface area (TPSA) is 63.1 Å². The minimum absolute atomic E-state index is 0.109. The van der Waals surface area contributed by atoms with Gasteiger partial charge in [-0.25, -0.2) is 9.67 Å². The van der Waals surface area contributed by atoms with Crippen molar-refractivity contribution in [2.24, 2.45) is 5.92 Å².